The van der Waals surface area contributed by atoms with Gasteiger partial charge in [0.05, 0.1) is 6.04 Å². The standard InChI is InChI=1S/C24H45NO3/c1-5-6-7-8-9-10-11-12-13-14-15-16-17-18-19-21(2)24(27)25-22(3)20-28-23(4)26/h19,22H,5-18,20H2,1-4H3,(H,25,27)/b21-19+. The molecular weight excluding hydrogens is 350 g/mol. The minimum Gasteiger partial charge on any atom is -0.464 e. The van der Waals surface area contributed by atoms with Crippen molar-refractivity contribution >= 4 is 11.9 Å². The molecule has 0 heterocycles. The van der Waals surface area contributed by atoms with E-state index >= 15 is 0 Å². The Morgan fingerprint density at radius 2 is 1.29 bits per heavy atom. The smallest absolute Gasteiger partial charge is 0.302 e. The van der Waals surface area contributed by atoms with Gasteiger partial charge in [-0.15, -0.1) is 0 Å². The Kier molecular flexibility index (Phi) is 18.1. The van der Waals surface area contributed by atoms with Gasteiger partial charge in [-0.1, -0.05) is 90.0 Å². The second-order valence-electron chi connectivity index (χ2n) is 8.10. The lowest BCUT2D eigenvalue weighted by Crippen LogP contribution is -2.36. The van der Waals surface area contributed by atoms with Gasteiger partial charge in [-0.25, -0.2) is 0 Å². The van der Waals surface area contributed by atoms with Crippen LogP contribution in [0.1, 0.15) is 118 Å². The van der Waals surface area contributed by atoms with E-state index in [2.05, 4.69) is 12.2 Å². The number of amides is 1. The maximum Gasteiger partial charge on any atom is 0.302 e. The molecular formula is C24H45NO3. The summed E-state index contributed by atoms with van der Waals surface area (Å²) in [6.45, 7) is 7.53. The normalized spacial score (nSPS) is 12.6. The molecule has 0 saturated heterocycles. The van der Waals surface area contributed by atoms with Crippen LogP contribution in [0, 0.1) is 0 Å². The van der Waals surface area contributed by atoms with Crippen molar-refractivity contribution < 1.29 is 14.3 Å². The fourth-order valence-corrected chi connectivity index (χ4v) is 3.20. The summed E-state index contributed by atoms with van der Waals surface area (Å²) in [4.78, 5) is 22.8. The van der Waals surface area contributed by atoms with Gasteiger partial charge in [0, 0.05) is 12.5 Å². The van der Waals surface area contributed by atoms with Gasteiger partial charge in [-0.3, -0.25) is 9.59 Å². The first-order valence-electron chi connectivity index (χ1n) is 11.6. The Bertz CT molecular complexity index is 432. The van der Waals surface area contributed by atoms with Gasteiger partial charge in [0.15, 0.2) is 0 Å². The van der Waals surface area contributed by atoms with Crippen molar-refractivity contribution in [2.24, 2.45) is 0 Å². The number of hydrogen-bond donors (Lipinski definition) is 1. The van der Waals surface area contributed by atoms with Crippen LogP contribution >= 0.6 is 0 Å². The van der Waals surface area contributed by atoms with E-state index in [-0.39, 0.29) is 24.5 Å². The van der Waals surface area contributed by atoms with E-state index in [1.54, 1.807) is 0 Å². The first-order chi connectivity index (χ1) is 13.5. The Hall–Kier alpha value is -1.32. The lowest BCUT2D eigenvalue weighted by Gasteiger charge is -2.13. The molecule has 0 spiro atoms. The predicted molar refractivity (Wildman–Crippen MR) is 118 cm³/mol. The number of allylic oxidation sites excluding steroid dienone is 1. The van der Waals surface area contributed by atoms with Crippen molar-refractivity contribution in [1.29, 1.82) is 0 Å². The summed E-state index contributed by atoms with van der Waals surface area (Å²) >= 11 is 0. The molecule has 0 aromatic heterocycles. The molecule has 0 aromatic rings. The first-order valence-corrected chi connectivity index (χ1v) is 11.6. The van der Waals surface area contributed by atoms with Crippen LogP contribution in [0.2, 0.25) is 0 Å². The van der Waals surface area contributed by atoms with E-state index < -0.39 is 0 Å². The Labute approximate surface area is 173 Å². The molecule has 4 nitrogen and oxygen atoms in total. The van der Waals surface area contributed by atoms with Crippen LogP contribution in [0.25, 0.3) is 0 Å². The van der Waals surface area contributed by atoms with Crippen molar-refractivity contribution in [3.05, 3.63) is 11.6 Å². The minimum atomic E-state index is -0.323. The highest BCUT2D eigenvalue weighted by atomic mass is 16.5. The van der Waals surface area contributed by atoms with Crippen molar-refractivity contribution in [2.75, 3.05) is 6.61 Å². The topological polar surface area (TPSA) is 55.4 Å². The molecule has 1 N–H and O–H groups in total. The minimum absolute atomic E-state index is 0.0747. The lowest BCUT2D eigenvalue weighted by molar-refractivity contribution is -0.142. The Morgan fingerprint density at radius 3 is 1.75 bits per heavy atom. The summed E-state index contributed by atoms with van der Waals surface area (Å²) < 4.78 is 4.90. The van der Waals surface area contributed by atoms with Crippen LogP contribution < -0.4 is 5.32 Å². The highest BCUT2D eigenvalue weighted by Gasteiger charge is 2.09. The van der Waals surface area contributed by atoms with Crippen molar-refractivity contribution in [3.63, 3.8) is 0 Å². The Morgan fingerprint density at radius 1 is 0.821 bits per heavy atom. The van der Waals surface area contributed by atoms with Crippen molar-refractivity contribution in [2.45, 2.75) is 124 Å². The van der Waals surface area contributed by atoms with Crippen LogP contribution in [0.5, 0.6) is 0 Å². The number of nitrogens with one attached hydrogen (secondary N) is 1. The van der Waals surface area contributed by atoms with Crippen molar-refractivity contribution in [1.82, 2.24) is 5.32 Å². The molecule has 0 aromatic carbocycles. The van der Waals surface area contributed by atoms with Gasteiger partial charge in [0.1, 0.15) is 6.61 Å². The highest BCUT2D eigenvalue weighted by Crippen LogP contribution is 2.13. The molecule has 164 valence electrons. The average molecular weight is 396 g/mol. The van der Waals surface area contributed by atoms with E-state index in [1.165, 1.54) is 84.0 Å². The summed E-state index contributed by atoms with van der Waals surface area (Å²) in [5.74, 6) is -0.398. The molecule has 0 aliphatic rings. The van der Waals surface area contributed by atoms with Gasteiger partial charge in [0.2, 0.25) is 5.91 Å². The summed E-state index contributed by atoms with van der Waals surface area (Å²) in [5.41, 5.74) is 0.744. The molecule has 0 saturated carbocycles. The quantitative estimate of drug-likeness (QED) is 0.164. The van der Waals surface area contributed by atoms with E-state index in [0.717, 1.165) is 18.4 Å². The van der Waals surface area contributed by atoms with E-state index in [4.69, 9.17) is 4.74 Å². The summed E-state index contributed by atoms with van der Waals surface area (Å²) in [6.07, 6.45) is 20.6. The molecule has 0 aliphatic carbocycles. The number of carbonyl (C=O) groups is 2. The first kappa shape index (κ1) is 26.7. The molecule has 0 radical (unpaired) electrons. The third kappa shape index (κ3) is 18.1. The molecule has 0 bridgehead atoms. The van der Waals surface area contributed by atoms with E-state index in [0.29, 0.717) is 0 Å². The number of ether oxygens (including phenoxy) is 1. The maximum atomic E-state index is 12.0. The third-order valence-corrected chi connectivity index (χ3v) is 5.03. The van der Waals surface area contributed by atoms with Gasteiger partial charge in [-0.2, -0.15) is 0 Å². The van der Waals surface area contributed by atoms with Crippen molar-refractivity contribution in [3.8, 4) is 0 Å². The van der Waals surface area contributed by atoms with Gasteiger partial charge in [-0.05, 0) is 26.7 Å². The lowest BCUT2D eigenvalue weighted by atomic mass is 10.0. The number of hydrogen-bond acceptors (Lipinski definition) is 3. The second-order valence-corrected chi connectivity index (χ2v) is 8.10. The van der Waals surface area contributed by atoms with E-state index in [1.807, 2.05) is 19.9 Å². The van der Waals surface area contributed by atoms with Gasteiger partial charge >= 0.3 is 5.97 Å². The molecule has 0 fully saturated rings. The predicted octanol–water partition coefficient (Wildman–Crippen LogP) is 6.48. The zero-order chi connectivity index (χ0) is 21.0. The number of rotatable bonds is 18. The molecule has 0 aliphatic heterocycles. The third-order valence-electron chi connectivity index (χ3n) is 5.03. The zero-order valence-corrected chi connectivity index (χ0v) is 19.0. The largest absolute Gasteiger partial charge is 0.464 e. The summed E-state index contributed by atoms with van der Waals surface area (Å²) in [5, 5.41) is 2.85. The van der Waals surface area contributed by atoms with Crippen LogP contribution in [-0.4, -0.2) is 24.5 Å². The molecule has 1 atom stereocenters. The van der Waals surface area contributed by atoms with Crippen LogP contribution in [0.4, 0.5) is 0 Å². The van der Waals surface area contributed by atoms with Gasteiger partial charge in [0.25, 0.3) is 0 Å². The number of unbranched alkanes of at least 4 members (excludes halogenated alkanes) is 13. The number of esters is 1. The molecule has 1 unspecified atom stereocenters. The van der Waals surface area contributed by atoms with Crippen LogP contribution in [0.15, 0.2) is 11.6 Å². The monoisotopic (exact) mass is 395 g/mol. The molecule has 4 heteroatoms. The fraction of sp³-hybridized carbons (Fsp3) is 0.833. The zero-order valence-electron chi connectivity index (χ0n) is 19.0. The molecule has 0 rings (SSSR count). The maximum absolute atomic E-state index is 12.0. The summed E-state index contributed by atoms with van der Waals surface area (Å²) in [7, 11) is 0. The SMILES string of the molecule is CCCCCCCCCCCCCCC/C=C(\C)C(=O)NC(C)COC(C)=O. The second kappa shape index (κ2) is 19.0. The van der Waals surface area contributed by atoms with Gasteiger partial charge < -0.3 is 10.1 Å². The number of carbonyl (C=O) groups excluding carboxylic acids is 2. The average Bonchev–Trinajstić information content (AvgIpc) is 2.66. The van der Waals surface area contributed by atoms with E-state index in [9.17, 15) is 9.59 Å². The fourth-order valence-electron chi connectivity index (χ4n) is 3.20. The van der Waals surface area contributed by atoms with Crippen LogP contribution in [0.3, 0.4) is 0 Å². The molecule has 28 heavy (non-hydrogen) atoms. The Balaban J connectivity index is 3.52. The highest BCUT2D eigenvalue weighted by molar-refractivity contribution is 5.92. The van der Waals surface area contributed by atoms with Crippen LogP contribution in [-0.2, 0) is 14.3 Å². The summed E-state index contributed by atoms with van der Waals surface area (Å²) in [6, 6.07) is -0.170. The molecule has 1 amide bonds.